The fourth-order valence-corrected chi connectivity index (χ4v) is 3.16. The highest BCUT2D eigenvalue weighted by atomic mass is 32.1. The van der Waals surface area contributed by atoms with E-state index >= 15 is 0 Å². The Morgan fingerprint density at radius 2 is 2.20 bits per heavy atom. The molecule has 5 nitrogen and oxygen atoms in total. The molecule has 0 aliphatic carbocycles. The Bertz CT molecular complexity index is 624. The summed E-state index contributed by atoms with van der Waals surface area (Å²) < 4.78 is 0. The molecular weight excluding hydrogens is 274 g/mol. The van der Waals surface area contributed by atoms with Crippen LogP contribution >= 0.6 is 11.3 Å². The molecular formula is C14H19N3O2S. The predicted octanol–water partition coefficient (Wildman–Crippen LogP) is 3.22. The summed E-state index contributed by atoms with van der Waals surface area (Å²) in [6.45, 7) is 6.76. The van der Waals surface area contributed by atoms with Gasteiger partial charge in [-0.2, -0.15) is 0 Å². The summed E-state index contributed by atoms with van der Waals surface area (Å²) >= 11 is 1.66. The second-order valence-corrected chi connectivity index (χ2v) is 6.14. The van der Waals surface area contributed by atoms with Crippen molar-refractivity contribution in [3.8, 4) is 0 Å². The maximum absolute atomic E-state index is 10.8. The largest absolute Gasteiger partial charge is 0.481 e. The number of aliphatic carboxylic acids is 1. The molecule has 0 aliphatic rings. The van der Waals surface area contributed by atoms with Gasteiger partial charge in [0, 0.05) is 17.8 Å². The lowest BCUT2D eigenvalue weighted by molar-refractivity contribution is -0.138. The number of aryl methyl sites for hydroxylation is 2. The van der Waals surface area contributed by atoms with Crippen molar-refractivity contribution in [2.24, 2.45) is 5.92 Å². The molecule has 1 atom stereocenters. The maximum atomic E-state index is 10.8. The van der Waals surface area contributed by atoms with Crippen LogP contribution in [0.5, 0.6) is 0 Å². The molecule has 6 heteroatoms. The lowest BCUT2D eigenvalue weighted by Gasteiger charge is -2.14. The van der Waals surface area contributed by atoms with Crippen molar-refractivity contribution in [2.75, 3.05) is 11.9 Å². The van der Waals surface area contributed by atoms with E-state index in [1.807, 2.05) is 6.92 Å². The number of thiophene rings is 1. The zero-order valence-electron chi connectivity index (χ0n) is 11.9. The molecule has 0 spiro atoms. The molecule has 2 aromatic heterocycles. The summed E-state index contributed by atoms with van der Waals surface area (Å²) in [4.78, 5) is 21.6. The van der Waals surface area contributed by atoms with Gasteiger partial charge in [-0.25, -0.2) is 9.97 Å². The van der Waals surface area contributed by atoms with Crippen molar-refractivity contribution in [1.82, 2.24) is 9.97 Å². The number of fused-ring (bicyclic) bond motifs is 1. The van der Waals surface area contributed by atoms with Crippen LogP contribution < -0.4 is 5.32 Å². The van der Waals surface area contributed by atoms with E-state index in [-0.39, 0.29) is 12.3 Å². The van der Waals surface area contributed by atoms with Gasteiger partial charge in [0.05, 0.1) is 5.39 Å². The first-order chi connectivity index (χ1) is 9.52. The highest BCUT2D eigenvalue weighted by Gasteiger charge is 2.14. The monoisotopic (exact) mass is 293 g/mol. The summed E-state index contributed by atoms with van der Waals surface area (Å²) in [5.74, 6) is 0.160. The minimum atomic E-state index is -0.756. The Kier molecular flexibility index (Phi) is 4.54. The molecule has 0 aliphatic heterocycles. The molecule has 20 heavy (non-hydrogen) atoms. The molecule has 2 heterocycles. The van der Waals surface area contributed by atoms with Gasteiger partial charge in [-0.3, -0.25) is 4.79 Å². The lowest BCUT2D eigenvalue weighted by atomic mass is 10.0. The molecule has 108 valence electrons. The summed E-state index contributed by atoms with van der Waals surface area (Å²) in [6.07, 6.45) is 2.56. The number of aromatic nitrogens is 2. The van der Waals surface area contributed by atoms with Crippen molar-refractivity contribution in [3.63, 3.8) is 0 Å². The zero-order chi connectivity index (χ0) is 14.7. The van der Waals surface area contributed by atoms with Gasteiger partial charge in [0.25, 0.3) is 0 Å². The molecule has 0 fully saturated rings. The molecule has 0 radical (unpaired) electrons. The van der Waals surface area contributed by atoms with Crippen molar-refractivity contribution >= 4 is 33.3 Å². The van der Waals surface area contributed by atoms with Crippen molar-refractivity contribution < 1.29 is 9.90 Å². The van der Waals surface area contributed by atoms with E-state index in [0.29, 0.717) is 6.54 Å². The Hall–Kier alpha value is -1.69. The maximum Gasteiger partial charge on any atom is 0.303 e. The number of anilines is 1. The Morgan fingerprint density at radius 1 is 1.45 bits per heavy atom. The number of carboxylic acid groups (broad SMARTS) is 1. The highest BCUT2D eigenvalue weighted by Crippen LogP contribution is 2.32. The number of carboxylic acids is 1. The Labute approximate surface area is 122 Å². The lowest BCUT2D eigenvalue weighted by Crippen LogP contribution is -2.18. The standard InChI is InChI=1S/C14H19N3O2S/c1-4-10(5-11(18)19)6-15-13-12-8(2)9(3)20-14(12)17-7-16-13/h7,10H,4-6H2,1-3H3,(H,18,19)(H,15,16,17). The quantitative estimate of drug-likeness (QED) is 0.855. The van der Waals surface area contributed by atoms with Crippen LogP contribution in [0.3, 0.4) is 0 Å². The van der Waals surface area contributed by atoms with E-state index in [0.717, 1.165) is 22.5 Å². The molecule has 2 aromatic rings. The second kappa shape index (κ2) is 6.17. The van der Waals surface area contributed by atoms with Gasteiger partial charge >= 0.3 is 5.97 Å². The Balaban J connectivity index is 2.19. The normalized spacial score (nSPS) is 12.6. The number of nitrogens with zero attached hydrogens (tertiary/aromatic N) is 2. The van der Waals surface area contributed by atoms with Crippen LogP contribution in [0.15, 0.2) is 6.33 Å². The SMILES string of the molecule is CCC(CNc1ncnc2sc(C)c(C)c12)CC(=O)O. The molecule has 2 rings (SSSR count). The second-order valence-electron chi connectivity index (χ2n) is 4.94. The van der Waals surface area contributed by atoms with Gasteiger partial charge in [0.1, 0.15) is 17.0 Å². The number of nitrogens with one attached hydrogen (secondary N) is 1. The van der Waals surface area contributed by atoms with Crippen molar-refractivity contribution in [3.05, 3.63) is 16.8 Å². The summed E-state index contributed by atoms with van der Waals surface area (Å²) in [7, 11) is 0. The van der Waals surface area contributed by atoms with Crippen LogP contribution in [0.2, 0.25) is 0 Å². The van der Waals surface area contributed by atoms with Crippen LogP contribution in [0.1, 0.15) is 30.2 Å². The van der Waals surface area contributed by atoms with Crippen LogP contribution in [0.25, 0.3) is 10.2 Å². The highest BCUT2D eigenvalue weighted by molar-refractivity contribution is 7.18. The summed E-state index contributed by atoms with van der Waals surface area (Å²) in [5, 5.41) is 13.2. The minimum Gasteiger partial charge on any atom is -0.481 e. The van der Waals surface area contributed by atoms with Gasteiger partial charge in [-0.05, 0) is 25.3 Å². The number of hydrogen-bond acceptors (Lipinski definition) is 5. The van der Waals surface area contributed by atoms with Crippen LogP contribution in [0, 0.1) is 19.8 Å². The first-order valence-corrected chi connectivity index (χ1v) is 7.51. The van der Waals surface area contributed by atoms with E-state index < -0.39 is 5.97 Å². The predicted molar refractivity (Wildman–Crippen MR) is 81.4 cm³/mol. The molecule has 0 aromatic carbocycles. The van der Waals surface area contributed by atoms with Crippen molar-refractivity contribution in [1.29, 1.82) is 0 Å². The molecule has 0 amide bonds. The van der Waals surface area contributed by atoms with E-state index in [1.54, 1.807) is 17.7 Å². The molecule has 0 saturated carbocycles. The fourth-order valence-electron chi connectivity index (χ4n) is 2.17. The number of carbonyl (C=O) groups is 1. The fraction of sp³-hybridized carbons (Fsp3) is 0.500. The van der Waals surface area contributed by atoms with Crippen LogP contribution in [-0.4, -0.2) is 27.6 Å². The van der Waals surface area contributed by atoms with E-state index in [2.05, 4.69) is 29.1 Å². The smallest absolute Gasteiger partial charge is 0.303 e. The van der Waals surface area contributed by atoms with Crippen molar-refractivity contribution in [2.45, 2.75) is 33.6 Å². The van der Waals surface area contributed by atoms with Gasteiger partial charge < -0.3 is 10.4 Å². The molecule has 2 N–H and O–H groups in total. The first kappa shape index (κ1) is 14.7. The summed E-state index contributed by atoms with van der Waals surface area (Å²) in [5.41, 5.74) is 1.19. The molecule has 0 saturated heterocycles. The van der Waals surface area contributed by atoms with Gasteiger partial charge in [0.15, 0.2) is 0 Å². The zero-order valence-corrected chi connectivity index (χ0v) is 12.8. The van der Waals surface area contributed by atoms with E-state index in [9.17, 15) is 4.79 Å². The van der Waals surface area contributed by atoms with Crippen LogP contribution in [-0.2, 0) is 4.79 Å². The third kappa shape index (κ3) is 3.07. The third-order valence-electron chi connectivity index (χ3n) is 3.56. The van der Waals surface area contributed by atoms with E-state index in [4.69, 9.17) is 5.11 Å². The Morgan fingerprint density at radius 3 is 2.85 bits per heavy atom. The average molecular weight is 293 g/mol. The molecule has 0 bridgehead atoms. The van der Waals surface area contributed by atoms with E-state index in [1.165, 1.54) is 10.4 Å². The topological polar surface area (TPSA) is 75.1 Å². The first-order valence-electron chi connectivity index (χ1n) is 6.69. The number of rotatable bonds is 6. The average Bonchev–Trinajstić information content (AvgIpc) is 2.70. The van der Waals surface area contributed by atoms with Gasteiger partial charge in [-0.1, -0.05) is 13.3 Å². The third-order valence-corrected chi connectivity index (χ3v) is 4.68. The minimum absolute atomic E-state index is 0.109. The number of hydrogen-bond donors (Lipinski definition) is 2. The molecule has 1 unspecified atom stereocenters. The van der Waals surface area contributed by atoms with Crippen LogP contribution in [0.4, 0.5) is 5.82 Å². The van der Waals surface area contributed by atoms with Gasteiger partial charge in [-0.15, -0.1) is 11.3 Å². The van der Waals surface area contributed by atoms with Gasteiger partial charge in [0.2, 0.25) is 0 Å². The summed E-state index contributed by atoms with van der Waals surface area (Å²) in [6, 6.07) is 0.